The monoisotopic (exact) mass is 446 g/mol. The van der Waals surface area contributed by atoms with Gasteiger partial charge < -0.3 is 5.32 Å². The highest BCUT2D eigenvalue weighted by Crippen LogP contribution is 2.28. The number of carbonyl (C=O) groups excluding carboxylic acids is 1. The molecular weight excluding hydrogens is 416 g/mol. The van der Waals surface area contributed by atoms with E-state index in [2.05, 4.69) is 5.32 Å². The zero-order chi connectivity index (χ0) is 21.4. The van der Waals surface area contributed by atoms with Crippen molar-refractivity contribution in [3.05, 3.63) is 60.2 Å². The summed E-state index contributed by atoms with van der Waals surface area (Å²) < 4.78 is 27.2. The average molecular weight is 447 g/mol. The summed E-state index contributed by atoms with van der Waals surface area (Å²) in [5, 5.41) is 3.70. The molecule has 1 aliphatic rings. The lowest BCUT2D eigenvalue weighted by molar-refractivity contribution is 0.0956. The minimum absolute atomic E-state index is 0.125. The summed E-state index contributed by atoms with van der Waals surface area (Å²) in [6.07, 6.45) is 6.59. The summed E-state index contributed by atoms with van der Waals surface area (Å²) in [5.41, 5.74) is 1.08. The Bertz CT molecular complexity index is 909. The van der Waals surface area contributed by atoms with Crippen molar-refractivity contribution in [1.82, 2.24) is 5.32 Å². The van der Waals surface area contributed by atoms with Crippen LogP contribution in [0.5, 0.6) is 0 Å². The van der Waals surface area contributed by atoms with E-state index in [1.807, 2.05) is 11.8 Å². The van der Waals surface area contributed by atoms with Crippen molar-refractivity contribution in [2.45, 2.75) is 49.2 Å². The molecule has 3 rings (SSSR count). The first-order valence-corrected chi connectivity index (χ1v) is 13.1. The van der Waals surface area contributed by atoms with Crippen LogP contribution in [0.3, 0.4) is 0 Å². The number of carbonyl (C=O) groups is 1. The van der Waals surface area contributed by atoms with Crippen LogP contribution in [0.1, 0.15) is 49.4 Å². The second-order valence-electron chi connectivity index (χ2n) is 7.42. The predicted molar refractivity (Wildman–Crippen MR) is 125 cm³/mol. The van der Waals surface area contributed by atoms with E-state index in [-0.39, 0.29) is 10.8 Å². The Balaban J connectivity index is 1.57. The zero-order valence-corrected chi connectivity index (χ0v) is 19.1. The number of thioether (sulfide) groups is 1. The van der Waals surface area contributed by atoms with Crippen LogP contribution in [0.25, 0.3) is 0 Å². The molecule has 2 aromatic rings. The lowest BCUT2D eigenvalue weighted by atomic mass is 10.0. The molecule has 0 radical (unpaired) electrons. The average Bonchev–Trinajstić information content (AvgIpc) is 2.78. The van der Waals surface area contributed by atoms with Crippen molar-refractivity contribution in [3.63, 3.8) is 0 Å². The van der Waals surface area contributed by atoms with Gasteiger partial charge in [-0.05, 0) is 56.2 Å². The van der Waals surface area contributed by atoms with Crippen LogP contribution in [0.2, 0.25) is 0 Å². The van der Waals surface area contributed by atoms with Crippen molar-refractivity contribution < 1.29 is 13.2 Å². The Hall–Kier alpha value is -1.99. The third-order valence-corrected chi connectivity index (χ3v) is 8.63. The second kappa shape index (κ2) is 10.9. The number of nitrogens with one attached hydrogen (secondary N) is 1. The fourth-order valence-electron chi connectivity index (χ4n) is 3.71. The zero-order valence-electron chi connectivity index (χ0n) is 17.4. The third-order valence-electron chi connectivity index (χ3n) is 5.33. The Morgan fingerprint density at radius 2 is 1.70 bits per heavy atom. The molecule has 0 unspecified atom stereocenters. The second-order valence-corrected chi connectivity index (χ2v) is 10.7. The minimum Gasteiger partial charge on any atom is -0.351 e. The molecule has 1 N–H and O–H groups in total. The maximum absolute atomic E-state index is 12.9. The molecule has 1 aliphatic carbocycles. The van der Waals surface area contributed by atoms with Gasteiger partial charge in [0.15, 0.2) is 0 Å². The molecule has 162 valence electrons. The van der Waals surface area contributed by atoms with E-state index in [1.54, 1.807) is 61.5 Å². The minimum atomic E-state index is -3.64. The van der Waals surface area contributed by atoms with Crippen molar-refractivity contribution in [3.8, 4) is 0 Å². The van der Waals surface area contributed by atoms with E-state index in [0.29, 0.717) is 24.3 Å². The van der Waals surface area contributed by atoms with E-state index in [1.165, 1.54) is 36.4 Å². The van der Waals surface area contributed by atoms with Gasteiger partial charge in [-0.2, -0.15) is 11.8 Å². The van der Waals surface area contributed by atoms with Gasteiger partial charge in [0.25, 0.3) is 15.9 Å². The molecule has 30 heavy (non-hydrogen) atoms. The highest BCUT2D eigenvalue weighted by atomic mass is 32.2. The summed E-state index contributed by atoms with van der Waals surface area (Å²) in [6, 6.07) is 15.1. The van der Waals surface area contributed by atoms with Gasteiger partial charge >= 0.3 is 0 Å². The van der Waals surface area contributed by atoms with Gasteiger partial charge in [-0.25, -0.2) is 8.42 Å². The number of benzene rings is 2. The van der Waals surface area contributed by atoms with Crippen LogP contribution in [-0.2, 0) is 10.0 Å². The van der Waals surface area contributed by atoms with Crippen LogP contribution >= 0.6 is 11.8 Å². The van der Waals surface area contributed by atoms with Gasteiger partial charge in [0, 0.05) is 29.7 Å². The molecule has 1 fully saturated rings. The Morgan fingerprint density at radius 1 is 1.03 bits per heavy atom. The van der Waals surface area contributed by atoms with E-state index in [9.17, 15) is 13.2 Å². The molecule has 0 bridgehead atoms. The van der Waals surface area contributed by atoms with Crippen LogP contribution in [0, 0.1) is 0 Å². The molecule has 1 saturated carbocycles. The molecule has 1 amide bonds. The van der Waals surface area contributed by atoms with Gasteiger partial charge in [0.2, 0.25) is 0 Å². The van der Waals surface area contributed by atoms with Crippen molar-refractivity contribution in [2.24, 2.45) is 0 Å². The van der Waals surface area contributed by atoms with Crippen molar-refractivity contribution in [1.29, 1.82) is 0 Å². The maximum atomic E-state index is 12.9. The number of sulfonamides is 1. The molecule has 0 saturated heterocycles. The highest BCUT2D eigenvalue weighted by Gasteiger charge is 2.23. The Labute approximate surface area is 184 Å². The molecule has 5 nitrogen and oxygen atoms in total. The number of amides is 1. The van der Waals surface area contributed by atoms with Gasteiger partial charge in [0.1, 0.15) is 0 Å². The lowest BCUT2D eigenvalue weighted by Gasteiger charge is -2.23. The summed E-state index contributed by atoms with van der Waals surface area (Å²) >= 11 is 1.96. The standard InChI is InChI=1S/C23H30N2O3S2/c1-2-25(30(27,28)22-11-7-4-8-12-22)20-15-13-19(14-16-20)23(26)24-17-18-29-21-9-5-3-6-10-21/h4,7-8,11-16,21H,2-3,5-6,9-10,17-18H2,1H3,(H,24,26). The topological polar surface area (TPSA) is 66.5 Å². The molecule has 0 heterocycles. The van der Waals surface area contributed by atoms with Gasteiger partial charge in [-0.3, -0.25) is 9.10 Å². The van der Waals surface area contributed by atoms with Crippen molar-refractivity contribution in [2.75, 3.05) is 23.1 Å². The highest BCUT2D eigenvalue weighted by molar-refractivity contribution is 7.99. The molecule has 0 aliphatic heterocycles. The van der Waals surface area contributed by atoms with Crippen LogP contribution < -0.4 is 9.62 Å². The summed E-state index contributed by atoms with van der Waals surface area (Å²) in [5.74, 6) is 0.799. The number of hydrogen-bond donors (Lipinski definition) is 1. The normalized spacial score (nSPS) is 15.0. The van der Waals surface area contributed by atoms with Crippen molar-refractivity contribution >= 4 is 33.4 Å². The Morgan fingerprint density at radius 3 is 2.33 bits per heavy atom. The van der Waals surface area contributed by atoms with E-state index in [4.69, 9.17) is 0 Å². The number of hydrogen-bond acceptors (Lipinski definition) is 4. The first kappa shape index (κ1) is 22.7. The quantitative estimate of drug-likeness (QED) is 0.567. The van der Waals surface area contributed by atoms with E-state index < -0.39 is 10.0 Å². The third kappa shape index (κ3) is 5.79. The molecule has 0 spiro atoms. The summed E-state index contributed by atoms with van der Waals surface area (Å²) in [7, 11) is -3.64. The van der Waals surface area contributed by atoms with Crippen LogP contribution in [0.15, 0.2) is 59.5 Å². The summed E-state index contributed by atoms with van der Waals surface area (Å²) in [4.78, 5) is 12.7. The smallest absolute Gasteiger partial charge is 0.264 e. The summed E-state index contributed by atoms with van der Waals surface area (Å²) in [6.45, 7) is 2.75. The predicted octanol–water partition coefficient (Wildman–Crippen LogP) is 4.70. The largest absolute Gasteiger partial charge is 0.351 e. The van der Waals surface area contributed by atoms with Gasteiger partial charge in [-0.1, -0.05) is 37.5 Å². The molecule has 7 heteroatoms. The molecule has 2 aromatic carbocycles. The lowest BCUT2D eigenvalue weighted by Crippen LogP contribution is -2.31. The number of rotatable bonds is 9. The molecule has 0 atom stereocenters. The van der Waals surface area contributed by atoms with E-state index in [0.717, 1.165) is 11.0 Å². The van der Waals surface area contributed by atoms with Gasteiger partial charge in [0.05, 0.1) is 10.6 Å². The molecule has 0 aromatic heterocycles. The van der Waals surface area contributed by atoms with Crippen LogP contribution in [0.4, 0.5) is 5.69 Å². The fraction of sp³-hybridized carbons (Fsp3) is 0.435. The fourth-order valence-corrected chi connectivity index (χ4v) is 6.43. The first-order chi connectivity index (χ1) is 14.5. The SMILES string of the molecule is CCN(c1ccc(C(=O)NCCSC2CCCCC2)cc1)S(=O)(=O)c1ccccc1. The van der Waals surface area contributed by atoms with Crippen LogP contribution in [-0.4, -0.2) is 38.4 Å². The Kier molecular flexibility index (Phi) is 8.22. The molecular formula is C23H30N2O3S2. The van der Waals surface area contributed by atoms with E-state index >= 15 is 0 Å². The maximum Gasteiger partial charge on any atom is 0.264 e. The first-order valence-electron chi connectivity index (χ1n) is 10.6. The number of anilines is 1. The van der Waals surface area contributed by atoms with Gasteiger partial charge in [-0.15, -0.1) is 0 Å². The number of nitrogens with zero attached hydrogens (tertiary/aromatic N) is 1.